The highest BCUT2D eigenvalue weighted by molar-refractivity contribution is 5.64. The third-order valence-electron chi connectivity index (χ3n) is 4.07. The van der Waals surface area contributed by atoms with E-state index in [-0.39, 0.29) is 0 Å². The van der Waals surface area contributed by atoms with Crippen molar-refractivity contribution in [2.45, 2.75) is 34.3 Å². The molecule has 3 rings (SSSR count). The van der Waals surface area contributed by atoms with E-state index in [1.54, 1.807) is 0 Å². The summed E-state index contributed by atoms with van der Waals surface area (Å²) in [4.78, 5) is 4.39. The van der Waals surface area contributed by atoms with Crippen LogP contribution in [0.3, 0.4) is 0 Å². The van der Waals surface area contributed by atoms with E-state index in [1.807, 2.05) is 18.5 Å². The Morgan fingerprint density at radius 3 is 2.21 bits per heavy atom. The van der Waals surface area contributed by atoms with Crippen molar-refractivity contribution in [3.63, 3.8) is 0 Å². The first-order valence-corrected chi connectivity index (χ1v) is 8.24. The van der Waals surface area contributed by atoms with Crippen molar-refractivity contribution in [1.82, 2.24) is 4.98 Å². The third kappa shape index (κ3) is 3.83. The Balaban J connectivity index is 1.80. The summed E-state index contributed by atoms with van der Waals surface area (Å²) in [6.45, 7) is 8.93. The molecule has 0 aliphatic rings. The minimum Gasteiger partial charge on any atom is -0.489 e. The van der Waals surface area contributed by atoms with Crippen molar-refractivity contribution in [1.29, 1.82) is 0 Å². The lowest BCUT2D eigenvalue weighted by Gasteiger charge is -2.11. The van der Waals surface area contributed by atoms with Crippen molar-refractivity contribution >= 4 is 0 Å². The van der Waals surface area contributed by atoms with Crippen molar-refractivity contribution in [2.75, 3.05) is 0 Å². The van der Waals surface area contributed by atoms with Crippen LogP contribution in [0.2, 0.25) is 0 Å². The number of pyridine rings is 1. The van der Waals surface area contributed by atoms with Gasteiger partial charge in [0.25, 0.3) is 0 Å². The number of hydrogen-bond donors (Lipinski definition) is 0. The first-order chi connectivity index (χ1) is 11.5. The molecule has 0 bridgehead atoms. The lowest BCUT2D eigenvalue weighted by atomic mass is 10.0. The molecule has 1 heterocycles. The molecular formula is C22H23NO. The first kappa shape index (κ1) is 16.3. The van der Waals surface area contributed by atoms with Crippen LogP contribution in [0.25, 0.3) is 11.1 Å². The van der Waals surface area contributed by atoms with E-state index in [4.69, 9.17) is 4.74 Å². The second kappa shape index (κ2) is 6.88. The van der Waals surface area contributed by atoms with Crippen LogP contribution in [0.4, 0.5) is 0 Å². The molecule has 24 heavy (non-hydrogen) atoms. The van der Waals surface area contributed by atoms with Gasteiger partial charge in [-0.25, -0.2) is 0 Å². The summed E-state index contributed by atoms with van der Waals surface area (Å²) in [5, 5.41) is 0. The molecule has 2 aromatic carbocycles. The molecule has 0 unspecified atom stereocenters. The van der Waals surface area contributed by atoms with Gasteiger partial charge in [0.1, 0.15) is 12.4 Å². The lowest BCUT2D eigenvalue weighted by molar-refractivity contribution is 0.303. The summed E-state index contributed by atoms with van der Waals surface area (Å²) < 4.78 is 5.98. The Kier molecular flexibility index (Phi) is 4.66. The van der Waals surface area contributed by atoms with E-state index < -0.39 is 0 Å². The zero-order valence-electron chi connectivity index (χ0n) is 14.8. The van der Waals surface area contributed by atoms with Gasteiger partial charge in [0, 0.05) is 23.5 Å². The second-order valence-corrected chi connectivity index (χ2v) is 6.52. The summed E-state index contributed by atoms with van der Waals surface area (Å²) >= 11 is 0. The molecule has 2 heteroatoms. The summed E-state index contributed by atoms with van der Waals surface area (Å²) in [6.07, 6.45) is 3.78. The maximum atomic E-state index is 5.98. The molecule has 0 N–H and O–H groups in total. The standard InChI is InChI=1S/C22H23NO/c1-15-5-6-22(18(4)8-15)24-14-19-11-21(13-23-12-19)20-9-16(2)7-17(3)10-20/h5-13H,14H2,1-4H3. The van der Waals surface area contributed by atoms with Gasteiger partial charge in [-0.05, 0) is 51.0 Å². The Labute approximate surface area is 144 Å². The van der Waals surface area contributed by atoms with E-state index in [2.05, 4.69) is 69.1 Å². The minimum absolute atomic E-state index is 0.523. The SMILES string of the molecule is Cc1cc(C)cc(-c2cncc(COc3ccc(C)cc3C)c2)c1. The fourth-order valence-corrected chi connectivity index (χ4v) is 2.99. The van der Waals surface area contributed by atoms with Crippen LogP contribution >= 0.6 is 0 Å². The zero-order chi connectivity index (χ0) is 17.1. The van der Waals surface area contributed by atoms with Gasteiger partial charge in [-0.2, -0.15) is 0 Å². The average Bonchev–Trinajstić information content (AvgIpc) is 2.53. The van der Waals surface area contributed by atoms with Crippen molar-refractivity contribution in [3.05, 3.63) is 82.7 Å². The molecule has 0 fully saturated rings. The summed E-state index contributed by atoms with van der Waals surface area (Å²) in [7, 11) is 0. The van der Waals surface area contributed by atoms with Gasteiger partial charge >= 0.3 is 0 Å². The van der Waals surface area contributed by atoms with Gasteiger partial charge in [0.2, 0.25) is 0 Å². The predicted octanol–water partition coefficient (Wildman–Crippen LogP) is 5.56. The number of hydrogen-bond acceptors (Lipinski definition) is 2. The summed E-state index contributed by atoms with van der Waals surface area (Å²) in [6, 6.07) is 15.0. The number of nitrogens with zero attached hydrogens (tertiary/aromatic N) is 1. The average molecular weight is 317 g/mol. The zero-order valence-corrected chi connectivity index (χ0v) is 14.8. The highest BCUT2D eigenvalue weighted by Gasteiger charge is 2.04. The van der Waals surface area contributed by atoms with E-state index >= 15 is 0 Å². The largest absolute Gasteiger partial charge is 0.489 e. The number of aromatic nitrogens is 1. The maximum Gasteiger partial charge on any atom is 0.122 e. The van der Waals surface area contributed by atoms with E-state index in [1.165, 1.54) is 22.3 Å². The summed E-state index contributed by atoms with van der Waals surface area (Å²) in [5.41, 5.74) is 8.35. The quantitative estimate of drug-likeness (QED) is 0.628. The number of ether oxygens (including phenoxy) is 1. The topological polar surface area (TPSA) is 22.1 Å². The maximum absolute atomic E-state index is 5.98. The third-order valence-corrected chi connectivity index (χ3v) is 4.07. The smallest absolute Gasteiger partial charge is 0.122 e. The van der Waals surface area contributed by atoms with E-state index in [9.17, 15) is 0 Å². The molecule has 0 radical (unpaired) electrons. The molecule has 3 aromatic rings. The lowest BCUT2D eigenvalue weighted by Crippen LogP contribution is -1.98. The molecule has 0 aliphatic heterocycles. The van der Waals surface area contributed by atoms with E-state index in [0.29, 0.717) is 6.61 Å². The fraction of sp³-hybridized carbons (Fsp3) is 0.227. The van der Waals surface area contributed by atoms with Gasteiger partial charge in [0.05, 0.1) is 0 Å². The highest BCUT2D eigenvalue weighted by Crippen LogP contribution is 2.24. The van der Waals surface area contributed by atoms with Gasteiger partial charge in [0.15, 0.2) is 0 Å². The Morgan fingerprint density at radius 1 is 0.750 bits per heavy atom. The molecule has 0 atom stereocenters. The van der Waals surface area contributed by atoms with Crippen LogP contribution in [-0.2, 0) is 6.61 Å². The van der Waals surface area contributed by atoms with Crippen molar-refractivity contribution in [2.24, 2.45) is 0 Å². The molecule has 0 amide bonds. The Bertz CT molecular complexity index is 847. The number of rotatable bonds is 4. The van der Waals surface area contributed by atoms with Crippen LogP contribution in [0.1, 0.15) is 27.8 Å². The van der Waals surface area contributed by atoms with Crippen LogP contribution in [0.5, 0.6) is 5.75 Å². The van der Waals surface area contributed by atoms with Gasteiger partial charge in [-0.3, -0.25) is 4.98 Å². The molecule has 0 saturated carbocycles. The Morgan fingerprint density at radius 2 is 1.50 bits per heavy atom. The van der Waals surface area contributed by atoms with Crippen molar-refractivity contribution in [3.8, 4) is 16.9 Å². The van der Waals surface area contributed by atoms with Crippen LogP contribution in [-0.4, -0.2) is 4.98 Å². The van der Waals surface area contributed by atoms with Crippen LogP contribution < -0.4 is 4.74 Å². The predicted molar refractivity (Wildman–Crippen MR) is 99.4 cm³/mol. The normalized spacial score (nSPS) is 10.7. The first-order valence-electron chi connectivity index (χ1n) is 8.24. The van der Waals surface area contributed by atoms with Gasteiger partial charge < -0.3 is 4.74 Å². The molecule has 0 saturated heterocycles. The second-order valence-electron chi connectivity index (χ2n) is 6.52. The van der Waals surface area contributed by atoms with Crippen LogP contribution in [0.15, 0.2) is 54.9 Å². The Hall–Kier alpha value is -2.61. The molecular weight excluding hydrogens is 294 g/mol. The van der Waals surface area contributed by atoms with E-state index in [0.717, 1.165) is 22.4 Å². The fourth-order valence-electron chi connectivity index (χ4n) is 2.99. The molecule has 0 spiro atoms. The van der Waals surface area contributed by atoms with Crippen molar-refractivity contribution < 1.29 is 4.74 Å². The number of benzene rings is 2. The van der Waals surface area contributed by atoms with Gasteiger partial charge in [-0.1, -0.05) is 47.0 Å². The molecule has 122 valence electrons. The summed E-state index contributed by atoms with van der Waals surface area (Å²) in [5.74, 6) is 0.928. The monoisotopic (exact) mass is 317 g/mol. The molecule has 2 nitrogen and oxygen atoms in total. The molecule has 1 aromatic heterocycles. The molecule has 0 aliphatic carbocycles. The van der Waals surface area contributed by atoms with Crippen LogP contribution in [0, 0.1) is 27.7 Å². The van der Waals surface area contributed by atoms with Gasteiger partial charge in [-0.15, -0.1) is 0 Å². The minimum atomic E-state index is 0.523. The number of aryl methyl sites for hydroxylation is 4. The highest BCUT2D eigenvalue weighted by atomic mass is 16.5.